The summed E-state index contributed by atoms with van der Waals surface area (Å²) in [6.45, 7) is 3.88. The van der Waals surface area contributed by atoms with E-state index in [4.69, 9.17) is 4.74 Å². The molecule has 3 amide bonds. The standard InChI is InChI=1S/C22H21N5O3S/c1-3-18-25-26-20(31-18)24-19(28)13-7-6-8-14(11-13)27-21(29)23-16-12-22(27,2)30-17-10-5-4-9-15(16)17/h4-11,16H,3,12H2,1-2H3,(H,23,29)(H,24,26,28). The summed E-state index contributed by atoms with van der Waals surface area (Å²) in [6, 6.07) is 14.3. The second kappa shape index (κ2) is 7.35. The van der Waals surface area contributed by atoms with Crippen molar-refractivity contribution in [3.63, 3.8) is 0 Å². The van der Waals surface area contributed by atoms with Gasteiger partial charge in [-0.1, -0.05) is 42.5 Å². The van der Waals surface area contributed by atoms with Crippen LogP contribution < -0.4 is 20.3 Å². The van der Waals surface area contributed by atoms with E-state index in [1.807, 2.05) is 38.1 Å². The van der Waals surface area contributed by atoms with E-state index in [0.717, 1.165) is 22.7 Å². The first-order valence-electron chi connectivity index (χ1n) is 10.1. The highest BCUT2D eigenvalue weighted by molar-refractivity contribution is 7.15. The number of benzene rings is 2. The molecule has 8 nitrogen and oxygen atoms in total. The Morgan fingerprint density at radius 1 is 1.29 bits per heavy atom. The van der Waals surface area contributed by atoms with E-state index in [-0.39, 0.29) is 18.0 Å². The summed E-state index contributed by atoms with van der Waals surface area (Å²) in [5.41, 5.74) is 1.10. The van der Waals surface area contributed by atoms with Crippen molar-refractivity contribution in [3.8, 4) is 5.75 Å². The lowest BCUT2D eigenvalue weighted by Crippen LogP contribution is -2.65. The summed E-state index contributed by atoms with van der Waals surface area (Å²) in [6.07, 6.45) is 1.35. The van der Waals surface area contributed by atoms with Gasteiger partial charge in [0.2, 0.25) is 5.13 Å². The Kier molecular flexibility index (Phi) is 4.62. The van der Waals surface area contributed by atoms with Crippen molar-refractivity contribution in [3.05, 3.63) is 64.7 Å². The van der Waals surface area contributed by atoms with E-state index in [1.54, 1.807) is 29.2 Å². The van der Waals surface area contributed by atoms with Gasteiger partial charge >= 0.3 is 6.03 Å². The van der Waals surface area contributed by atoms with Crippen LogP contribution in [0.25, 0.3) is 0 Å². The summed E-state index contributed by atoms with van der Waals surface area (Å²) in [5, 5.41) is 15.2. The molecule has 0 radical (unpaired) electrons. The number of aromatic nitrogens is 2. The molecule has 1 fully saturated rings. The fourth-order valence-electron chi connectivity index (χ4n) is 4.12. The van der Waals surface area contributed by atoms with Crippen LogP contribution in [0.15, 0.2) is 48.5 Å². The fraction of sp³-hybridized carbons (Fsp3) is 0.273. The molecule has 9 heteroatoms. The van der Waals surface area contributed by atoms with Gasteiger partial charge in [-0.25, -0.2) is 4.79 Å². The van der Waals surface area contributed by atoms with Crippen LogP contribution in [-0.2, 0) is 6.42 Å². The van der Waals surface area contributed by atoms with Gasteiger partial charge in [-0.3, -0.25) is 15.0 Å². The molecule has 1 saturated heterocycles. The highest BCUT2D eigenvalue weighted by Gasteiger charge is 2.49. The van der Waals surface area contributed by atoms with Gasteiger partial charge in [0.15, 0.2) is 5.72 Å². The van der Waals surface area contributed by atoms with Gasteiger partial charge < -0.3 is 10.1 Å². The molecule has 0 aliphatic carbocycles. The molecular weight excluding hydrogens is 414 g/mol. The van der Waals surface area contributed by atoms with E-state index in [0.29, 0.717) is 22.8 Å². The number of carbonyl (C=O) groups is 2. The molecular formula is C22H21N5O3S. The molecule has 0 saturated carbocycles. The third-order valence-electron chi connectivity index (χ3n) is 5.54. The SMILES string of the molecule is CCc1nnc(NC(=O)c2cccc(N3C(=O)NC4CC3(C)Oc3ccccc34)c2)s1. The third-order valence-corrected chi connectivity index (χ3v) is 6.52. The molecule has 2 unspecified atom stereocenters. The van der Waals surface area contributed by atoms with Gasteiger partial charge in [0.05, 0.1) is 11.7 Å². The topological polar surface area (TPSA) is 96.5 Å². The quantitative estimate of drug-likeness (QED) is 0.643. The summed E-state index contributed by atoms with van der Waals surface area (Å²) < 4.78 is 6.29. The number of ether oxygens (including phenoxy) is 1. The first-order chi connectivity index (χ1) is 15.0. The first-order valence-corrected chi connectivity index (χ1v) is 10.9. The Morgan fingerprint density at radius 3 is 2.94 bits per heavy atom. The number of aryl methyl sites for hydroxylation is 1. The minimum Gasteiger partial charge on any atom is -0.467 e. The fourth-order valence-corrected chi connectivity index (χ4v) is 4.79. The van der Waals surface area contributed by atoms with Crippen molar-refractivity contribution in [1.82, 2.24) is 15.5 Å². The van der Waals surface area contributed by atoms with Crippen molar-refractivity contribution >= 4 is 34.1 Å². The molecule has 31 heavy (non-hydrogen) atoms. The van der Waals surface area contributed by atoms with Gasteiger partial charge in [-0.15, -0.1) is 10.2 Å². The summed E-state index contributed by atoms with van der Waals surface area (Å²) in [7, 11) is 0. The smallest absolute Gasteiger partial charge is 0.325 e. The molecule has 2 atom stereocenters. The average Bonchev–Trinajstić information content (AvgIpc) is 3.21. The number of carbonyl (C=O) groups excluding carboxylic acids is 2. The Labute approximate surface area is 183 Å². The lowest BCUT2D eigenvalue weighted by atomic mass is 9.90. The molecule has 2 N–H and O–H groups in total. The van der Waals surface area contributed by atoms with Crippen molar-refractivity contribution in [1.29, 1.82) is 0 Å². The molecule has 1 aromatic heterocycles. The minimum atomic E-state index is -0.869. The molecule has 2 bridgehead atoms. The maximum Gasteiger partial charge on any atom is 0.325 e. The Hall–Kier alpha value is -3.46. The van der Waals surface area contributed by atoms with Crippen molar-refractivity contribution in [2.45, 2.75) is 38.5 Å². The number of urea groups is 1. The van der Waals surface area contributed by atoms with Crippen LogP contribution in [-0.4, -0.2) is 27.9 Å². The Balaban J connectivity index is 1.44. The van der Waals surface area contributed by atoms with E-state index < -0.39 is 5.72 Å². The van der Waals surface area contributed by atoms with Crippen LogP contribution >= 0.6 is 11.3 Å². The number of nitrogens with one attached hydrogen (secondary N) is 2. The maximum atomic E-state index is 13.0. The Morgan fingerprint density at radius 2 is 2.13 bits per heavy atom. The number of para-hydroxylation sites is 1. The molecule has 3 heterocycles. The Bertz CT molecular complexity index is 1180. The molecule has 0 spiro atoms. The first kappa shape index (κ1) is 19.5. The van der Waals surface area contributed by atoms with Crippen molar-refractivity contribution in [2.75, 3.05) is 10.2 Å². The monoisotopic (exact) mass is 435 g/mol. The van der Waals surface area contributed by atoms with Gasteiger partial charge in [0, 0.05) is 17.5 Å². The number of fused-ring (bicyclic) bond motifs is 4. The van der Waals surface area contributed by atoms with E-state index in [9.17, 15) is 9.59 Å². The number of hydrogen-bond acceptors (Lipinski definition) is 6. The molecule has 2 aromatic carbocycles. The van der Waals surface area contributed by atoms with Crippen LogP contribution in [0, 0.1) is 0 Å². The van der Waals surface area contributed by atoms with Crippen molar-refractivity contribution < 1.29 is 14.3 Å². The number of anilines is 2. The normalized spacial score (nSPS) is 21.7. The van der Waals surface area contributed by atoms with E-state index in [1.165, 1.54) is 11.3 Å². The molecule has 5 rings (SSSR count). The zero-order chi connectivity index (χ0) is 21.6. The van der Waals surface area contributed by atoms with Crippen LogP contribution in [0.5, 0.6) is 5.75 Å². The van der Waals surface area contributed by atoms with E-state index >= 15 is 0 Å². The summed E-state index contributed by atoms with van der Waals surface area (Å²) >= 11 is 1.34. The van der Waals surface area contributed by atoms with Crippen LogP contribution in [0.4, 0.5) is 15.6 Å². The predicted molar refractivity (Wildman–Crippen MR) is 118 cm³/mol. The van der Waals surface area contributed by atoms with Gasteiger partial charge in [0.25, 0.3) is 5.91 Å². The van der Waals surface area contributed by atoms with E-state index in [2.05, 4.69) is 20.8 Å². The lowest BCUT2D eigenvalue weighted by molar-refractivity contribution is 0.0378. The van der Waals surface area contributed by atoms with Gasteiger partial charge in [-0.2, -0.15) is 0 Å². The number of nitrogens with zero attached hydrogens (tertiary/aromatic N) is 3. The van der Waals surface area contributed by atoms with Crippen LogP contribution in [0.3, 0.4) is 0 Å². The zero-order valence-electron chi connectivity index (χ0n) is 17.1. The minimum absolute atomic E-state index is 0.115. The zero-order valence-corrected chi connectivity index (χ0v) is 17.9. The second-order valence-electron chi connectivity index (χ2n) is 7.72. The number of rotatable bonds is 4. The van der Waals surface area contributed by atoms with Gasteiger partial charge in [-0.05, 0) is 37.6 Å². The van der Waals surface area contributed by atoms with Crippen LogP contribution in [0.2, 0.25) is 0 Å². The third kappa shape index (κ3) is 3.40. The number of amides is 3. The summed E-state index contributed by atoms with van der Waals surface area (Å²) in [5.74, 6) is 0.444. The van der Waals surface area contributed by atoms with Crippen LogP contribution in [0.1, 0.15) is 47.2 Å². The summed E-state index contributed by atoms with van der Waals surface area (Å²) in [4.78, 5) is 27.4. The highest BCUT2D eigenvalue weighted by Crippen LogP contribution is 2.45. The molecule has 158 valence electrons. The maximum absolute atomic E-state index is 13.0. The van der Waals surface area contributed by atoms with Crippen molar-refractivity contribution in [2.24, 2.45) is 0 Å². The molecule has 2 aliphatic heterocycles. The highest BCUT2D eigenvalue weighted by atomic mass is 32.1. The average molecular weight is 436 g/mol. The molecule has 2 aliphatic rings. The number of hydrogen-bond donors (Lipinski definition) is 2. The molecule has 3 aromatic rings. The second-order valence-corrected chi connectivity index (χ2v) is 8.78. The van der Waals surface area contributed by atoms with Gasteiger partial charge in [0.1, 0.15) is 10.8 Å². The predicted octanol–water partition coefficient (Wildman–Crippen LogP) is 4.12. The lowest BCUT2D eigenvalue weighted by Gasteiger charge is -2.50. The largest absolute Gasteiger partial charge is 0.467 e.